The van der Waals surface area contributed by atoms with E-state index in [0.29, 0.717) is 19.2 Å². The van der Waals surface area contributed by atoms with Crippen LogP contribution in [0, 0.1) is 5.92 Å². The Hall–Kier alpha value is -3.57. The molecule has 11 nitrogen and oxygen atoms in total. The van der Waals surface area contributed by atoms with Gasteiger partial charge in [0.25, 0.3) is 0 Å². The SMILES string of the molecule is CCC(CC)n1cc(-c2nc(-c3cnn(C4CC(C(=O)NCCOC5CCCCO5)C4)c3)cn3nccc23)cn1. The van der Waals surface area contributed by atoms with Crippen LogP contribution in [0.15, 0.2) is 43.2 Å². The van der Waals surface area contributed by atoms with Crippen molar-refractivity contribution < 1.29 is 14.3 Å². The van der Waals surface area contributed by atoms with E-state index < -0.39 is 0 Å². The van der Waals surface area contributed by atoms with Crippen molar-refractivity contribution in [1.82, 2.24) is 39.5 Å². The van der Waals surface area contributed by atoms with Gasteiger partial charge >= 0.3 is 0 Å². The third-order valence-corrected chi connectivity index (χ3v) is 8.18. The Morgan fingerprint density at radius 1 is 1.10 bits per heavy atom. The number of amides is 1. The lowest BCUT2D eigenvalue weighted by atomic mass is 9.79. The quantitative estimate of drug-likeness (QED) is 0.277. The zero-order valence-electron chi connectivity index (χ0n) is 23.3. The van der Waals surface area contributed by atoms with Gasteiger partial charge in [-0.2, -0.15) is 15.3 Å². The lowest BCUT2D eigenvalue weighted by Crippen LogP contribution is -2.41. The molecule has 1 aliphatic carbocycles. The molecule has 6 rings (SSSR count). The number of nitrogens with one attached hydrogen (secondary N) is 1. The first-order valence-corrected chi connectivity index (χ1v) is 14.6. The number of rotatable bonds is 11. The van der Waals surface area contributed by atoms with Crippen LogP contribution in [0.4, 0.5) is 0 Å². The monoisotopic (exact) mass is 546 g/mol. The molecule has 2 aliphatic rings. The fraction of sp³-hybridized carbons (Fsp3) is 0.552. The van der Waals surface area contributed by atoms with Gasteiger partial charge in [-0.25, -0.2) is 9.50 Å². The van der Waals surface area contributed by atoms with Gasteiger partial charge < -0.3 is 14.8 Å². The second-order valence-corrected chi connectivity index (χ2v) is 10.8. The summed E-state index contributed by atoms with van der Waals surface area (Å²) in [6.07, 6.45) is 18.2. The first-order chi connectivity index (χ1) is 19.6. The average molecular weight is 547 g/mol. The Morgan fingerprint density at radius 3 is 2.75 bits per heavy atom. The van der Waals surface area contributed by atoms with Gasteiger partial charge in [0, 0.05) is 42.6 Å². The Bertz CT molecular complexity index is 1430. The van der Waals surface area contributed by atoms with Crippen molar-refractivity contribution in [2.75, 3.05) is 19.8 Å². The number of hydrogen-bond acceptors (Lipinski definition) is 7. The topological polar surface area (TPSA) is 113 Å². The lowest BCUT2D eigenvalue weighted by Gasteiger charge is -2.34. The fourth-order valence-electron chi connectivity index (χ4n) is 5.64. The number of aromatic nitrogens is 7. The second kappa shape index (κ2) is 11.9. The highest BCUT2D eigenvalue weighted by molar-refractivity contribution is 5.80. The van der Waals surface area contributed by atoms with E-state index >= 15 is 0 Å². The van der Waals surface area contributed by atoms with E-state index in [-0.39, 0.29) is 24.2 Å². The molecule has 2 fully saturated rings. The number of carbonyl (C=O) groups excluding carboxylic acids is 1. The van der Waals surface area contributed by atoms with Crippen molar-refractivity contribution in [2.24, 2.45) is 5.92 Å². The van der Waals surface area contributed by atoms with Crippen molar-refractivity contribution in [3.8, 4) is 22.5 Å². The summed E-state index contributed by atoms with van der Waals surface area (Å²) < 4.78 is 17.1. The van der Waals surface area contributed by atoms with Gasteiger partial charge in [0.2, 0.25) is 5.91 Å². The standard InChI is InChI=1S/C29H38N8O3/c1-3-23(4-2)35-18-22(16-33-35)28-26-8-9-31-37(26)19-25(34-28)21-15-32-36(17-21)24-13-20(14-24)29(38)30-10-12-40-27-7-5-6-11-39-27/h8-9,15-20,23-24,27H,3-7,10-14H2,1-2H3,(H,30,38). The van der Waals surface area contributed by atoms with Gasteiger partial charge in [-0.1, -0.05) is 13.8 Å². The van der Waals surface area contributed by atoms with Crippen molar-refractivity contribution in [1.29, 1.82) is 0 Å². The highest BCUT2D eigenvalue weighted by Crippen LogP contribution is 2.38. The maximum absolute atomic E-state index is 12.6. The minimum absolute atomic E-state index is 0.000312. The minimum atomic E-state index is -0.125. The zero-order valence-corrected chi connectivity index (χ0v) is 23.3. The van der Waals surface area contributed by atoms with E-state index in [9.17, 15) is 4.79 Å². The number of carbonyl (C=O) groups is 1. The summed E-state index contributed by atoms with van der Waals surface area (Å²) in [6, 6.07) is 2.54. The maximum atomic E-state index is 12.6. The third kappa shape index (κ3) is 5.53. The maximum Gasteiger partial charge on any atom is 0.223 e. The highest BCUT2D eigenvalue weighted by atomic mass is 16.7. The van der Waals surface area contributed by atoms with Gasteiger partial charge in [0.1, 0.15) is 0 Å². The van der Waals surface area contributed by atoms with Gasteiger partial charge in [-0.15, -0.1) is 0 Å². The molecule has 0 bridgehead atoms. The minimum Gasteiger partial charge on any atom is -0.354 e. The van der Waals surface area contributed by atoms with E-state index in [1.807, 2.05) is 44.7 Å². The highest BCUT2D eigenvalue weighted by Gasteiger charge is 2.36. The van der Waals surface area contributed by atoms with Gasteiger partial charge in [-0.3, -0.25) is 14.2 Å². The largest absolute Gasteiger partial charge is 0.354 e. The molecule has 1 saturated carbocycles. The summed E-state index contributed by atoms with van der Waals surface area (Å²) in [5.74, 6) is 0.0847. The number of ether oxygens (including phenoxy) is 2. The van der Waals surface area contributed by atoms with Crippen molar-refractivity contribution in [3.63, 3.8) is 0 Å². The van der Waals surface area contributed by atoms with Crippen LogP contribution in [0.5, 0.6) is 0 Å². The second-order valence-electron chi connectivity index (χ2n) is 10.8. The van der Waals surface area contributed by atoms with Gasteiger partial charge in [-0.05, 0) is 51.0 Å². The molecule has 1 saturated heterocycles. The fourth-order valence-corrected chi connectivity index (χ4v) is 5.64. The lowest BCUT2D eigenvalue weighted by molar-refractivity contribution is -0.162. The van der Waals surface area contributed by atoms with Crippen molar-refractivity contribution in [2.45, 2.75) is 77.2 Å². The zero-order chi connectivity index (χ0) is 27.5. The molecular weight excluding hydrogens is 508 g/mol. The Kier molecular flexibility index (Phi) is 7.92. The van der Waals surface area contributed by atoms with Crippen LogP contribution < -0.4 is 5.32 Å². The van der Waals surface area contributed by atoms with Crippen LogP contribution >= 0.6 is 0 Å². The summed E-state index contributed by atoms with van der Waals surface area (Å²) in [5, 5.41) is 16.7. The Morgan fingerprint density at radius 2 is 1.95 bits per heavy atom. The van der Waals surface area contributed by atoms with E-state index in [1.54, 1.807) is 6.20 Å². The van der Waals surface area contributed by atoms with Crippen LogP contribution in [-0.4, -0.2) is 66.1 Å². The van der Waals surface area contributed by atoms with Crippen molar-refractivity contribution >= 4 is 11.4 Å². The average Bonchev–Trinajstić information content (AvgIpc) is 3.72. The van der Waals surface area contributed by atoms with E-state index in [1.165, 1.54) is 0 Å². The smallest absolute Gasteiger partial charge is 0.223 e. The molecule has 4 aromatic heterocycles. The Labute approximate surface area is 233 Å². The first-order valence-electron chi connectivity index (χ1n) is 14.6. The van der Waals surface area contributed by atoms with Crippen LogP contribution in [0.3, 0.4) is 0 Å². The van der Waals surface area contributed by atoms with E-state index in [4.69, 9.17) is 14.5 Å². The third-order valence-electron chi connectivity index (χ3n) is 8.18. The van der Waals surface area contributed by atoms with Crippen molar-refractivity contribution in [3.05, 3.63) is 43.2 Å². The molecule has 5 heterocycles. The molecule has 0 radical (unpaired) electrons. The summed E-state index contributed by atoms with van der Waals surface area (Å²) in [4.78, 5) is 17.6. The predicted octanol–water partition coefficient (Wildman–Crippen LogP) is 4.43. The molecule has 1 amide bonds. The van der Waals surface area contributed by atoms with Crippen LogP contribution in [0.2, 0.25) is 0 Å². The molecule has 212 valence electrons. The number of hydrogen-bond donors (Lipinski definition) is 1. The van der Waals surface area contributed by atoms with Crippen LogP contribution in [-0.2, 0) is 14.3 Å². The van der Waals surface area contributed by atoms with E-state index in [0.717, 1.165) is 79.6 Å². The molecule has 0 spiro atoms. The normalized spacial score (nSPS) is 21.1. The van der Waals surface area contributed by atoms with E-state index in [2.05, 4.69) is 40.7 Å². The van der Waals surface area contributed by atoms with Crippen LogP contribution in [0.1, 0.15) is 70.9 Å². The first kappa shape index (κ1) is 26.6. The molecular formula is C29H38N8O3. The molecule has 11 heteroatoms. The predicted molar refractivity (Wildman–Crippen MR) is 149 cm³/mol. The molecule has 1 unspecified atom stereocenters. The molecule has 0 aromatic carbocycles. The molecule has 1 N–H and O–H groups in total. The van der Waals surface area contributed by atoms with Gasteiger partial charge in [0.05, 0.1) is 60.4 Å². The molecule has 40 heavy (non-hydrogen) atoms. The van der Waals surface area contributed by atoms with Crippen LogP contribution in [0.25, 0.3) is 28.0 Å². The molecule has 4 aromatic rings. The Balaban J connectivity index is 1.08. The summed E-state index contributed by atoms with van der Waals surface area (Å²) in [6.45, 7) is 6.10. The molecule has 1 atom stereocenters. The number of fused-ring (bicyclic) bond motifs is 1. The summed E-state index contributed by atoms with van der Waals surface area (Å²) in [7, 11) is 0. The summed E-state index contributed by atoms with van der Waals surface area (Å²) >= 11 is 0. The van der Waals surface area contributed by atoms with Gasteiger partial charge in [0.15, 0.2) is 6.29 Å². The molecule has 1 aliphatic heterocycles. The number of nitrogens with zero attached hydrogens (tertiary/aromatic N) is 7. The summed E-state index contributed by atoms with van der Waals surface area (Å²) in [5.41, 5.74) is 4.46.